The maximum absolute atomic E-state index is 12.7. The molecule has 0 radical (unpaired) electrons. The van der Waals surface area contributed by atoms with E-state index in [1.54, 1.807) is 24.6 Å². The summed E-state index contributed by atoms with van der Waals surface area (Å²) >= 11 is 3.41. The van der Waals surface area contributed by atoms with Gasteiger partial charge in [0.15, 0.2) is 0 Å². The van der Waals surface area contributed by atoms with Gasteiger partial charge in [0.1, 0.15) is 0 Å². The molecule has 116 valence electrons. The summed E-state index contributed by atoms with van der Waals surface area (Å²) in [5.74, 6) is 2.26. The van der Waals surface area contributed by atoms with Crippen molar-refractivity contribution in [3.05, 3.63) is 32.5 Å². The first kappa shape index (κ1) is 14.2. The fourth-order valence-corrected chi connectivity index (χ4v) is 3.99. The molecule has 1 saturated heterocycles. The summed E-state index contributed by atoms with van der Waals surface area (Å²) in [4.78, 5) is 19.7. The van der Waals surface area contributed by atoms with E-state index in [-0.39, 0.29) is 5.56 Å². The van der Waals surface area contributed by atoms with E-state index in [4.69, 9.17) is 4.98 Å². The highest BCUT2D eigenvalue weighted by molar-refractivity contribution is 9.10. The van der Waals surface area contributed by atoms with Crippen LogP contribution < -0.4 is 10.5 Å². The zero-order valence-electron chi connectivity index (χ0n) is 12.6. The molecule has 2 fully saturated rings. The van der Waals surface area contributed by atoms with Gasteiger partial charge in [-0.15, -0.1) is 0 Å². The van der Waals surface area contributed by atoms with Gasteiger partial charge in [-0.3, -0.25) is 9.36 Å². The van der Waals surface area contributed by atoms with Crippen LogP contribution in [-0.2, 0) is 7.05 Å². The molecule has 4 rings (SSSR count). The van der Waals surface area contributed by atoms with E-state index in [1.807, 2.05) is 6.07 Å². The lowest BCUT2D eigenvalue weighted by Gasteiger charge is -2.22. The number of fused-ring (bicyclic) bond motifs is 2. The highest BCUT2D eigenvalue weighted by atomic mass is 79.9. The van der Waals surface area contributed by atoms with Crippen LogP contribution in [-0.4, -0.2) is 27.7 Å². The summed E-state index contributed by atoms with van der Waals surface area (Å²) in [6.07, 6.45) is 0.642. The molecule has 2 aromatic rings. The van der Waals surface area contributed by atoms with Crippen LogP contribution >= 0.6 is 15.9 Å². The number of piperidine rings is 1. The van der Waals surface area contributed by atoms with E-state index in [2.05, 4.69) is 20.8 Å². The molecular formula is C16H18BrN3O2. The average molecular weight is 364 g/mol. The molecule has 0 amide bonds. The van der Waals surface area contributed by atoms with Crippen molar-refractivity contribution < 1.29 is 5.11 Å². The standard InChI is InChI=1S/C16H18BrN3O2/c1-8(21)12-4-11(17)5-13-14(12)18-16(19(2)15(13)22)20-6-9-3-10(9)7-20/h4-5,8-10,21H,3,6-7H2,1-2H3. The van der Waals surface area contributed by atoms with Crippen molar-refractivity contribution in [2.75, 3.05) is 18.0 Å². The monoisotopic (exact) mass is 363 g/mol. The number of hydrogen-bond acceptors (Lipinski definition) is 4. The number of aromatic nitrogens is 2. The minimum Gasteiger partial charge on any atom is -0.389 e. The number of rotatable bonds is 2. The van der Waals surface area contributed by atoms with Gasteiger partial charge in [-0.1, -0.05) is 15.9 Å². The lowest BCUT2D eigenvalue weighted by molar-refractivity contribution is 0.200. The molecule has 1 N–H and O–H groups in total. The van der Waals surface area contributed by atoms with Crippen molar-refractivity contribution in [1.82, 2.24) is 9.55 Å². The van der Waals surface area contributed by atoms with Crippen LogP contribution in [0, 0.1) is 11.8 Å². The molecule has 0 spiro atoms. The minimum absolute atomic E-state index is 0.0660. The van der Waals surface area contributed by atoms with Crippen molar-refractivity contribution >= 4 is 32.8 Å². The minimum atomic E-state index is -0.667. The topological polar surface area (TPSA) is 58.4 Å². The number of benzene rings is 1. The molecule has 1 saturated carbocycles. The van der Waals surface area contributed by atoms with Gasteiger partial charge in [-0.2, -0.15) is 0 Å². The number of anilines is 1. The van der Waals surface area contributed by atoms with Gasteiger partial charge in [0.2, 0.25) is 5.95 Å². The Morgan fingerprint density at radius 2 is 2.05 bits per heavy atom. The second kappa shape index (κ2) is 4.80. The Morgan fingerprint density at radius 1 is 1.36 bits per heavy atom. The van der Waals surface area contributed by atoms with Gasteiger partial charge in [-0.25, -0.2) is 4.98 Å². The average Bonchev–Trinajstić information content (AvgIpc) is 3.08. The quantitative estimate of drug-likeness (QED) is 0.888. The van der Waals surface area contributed by atoms with E-state index in [1.165, 1.54) is 6.42 Å². The second-order valence-electron chi connectivity index (χ2n) is 6.50. The Bertz CT molecular complexity index is 820. The third-order valence-electron chi connectivity index (χ3n) is 4.86. The van der Waals surface area contributed by atoms with E-state index in [0.717, 1.165) is 29.4 Å². The SMILES string of the molecule is CC(O)c1cc(Br)cc2c(=O)n(C)c(N3CC4CC4C3)nc12. The molecule has 3 atom stereocenters. The van der Waals surface area contributed by atoms with Crippen LogP contribution in [0.2, 0.25) is 0 Å². The van der Waals surface area contributed by atoms with Gasteiger partial charge in [-0.05, 0) is 37.3 Å². The van der Waals surface area contributed by atoms with Crippen molar-refractivity contribution in [2.24, 2.45) is 18.9 Å². The molecule has 1 aromatic carbocycles. The van der Waals surface area contributed by atoms with Crippen molar-refractivity contribution in [2.45, 2.75) is 19.4 Å². The van der Waals surface area contributed by atoms with Gasteiger partial charge in [0.05, 0.1) is 17.0 Å². The normalized spacial score (nSPS) is 24.6. The molecule has 1 aromatic heterocycles. The summed E-state index contributed by atoms with van der Waals surface area (Å²) in [7, 11) is 1.77. The molecule has 6 heteroatoms. The second-order valence-corrected chi connectivity index (χ2v) is 7.42. The summed E-state index contributed by atoms with van der Waals surface area (Å²) in [6, 6.07) is 3.62. The number of nitrogens with zero attached hydrogens (tertiary/aromatic N) is 3. The molecule has 3 unspecified atom stereocenters. The predicted octanol–water partition coefficient (Wildman–Crippen LogP) is 2.21. The maximum Gasteiger partial charge on any atom is 0.262 e. The third kappa shape index (κ3) is 2.08. The molecule has 2 heterocycles. The van der Waals surface area contributed by atoms with Crippen molar-refractivity contribution in [3.8, 4) is 0 Å². The summed E-state index contributed by atoms with van der Waals surface area (Å²) in [5.41, 5.74) is 1.23. The van der Waals surface area contributed by atoms with E-state index >= 15 is 0 Å². The van der Waals surface area contributed by atoms with E-state index in [9.17, 15) is 9.90 Å². The largest absolute Gasteiger partial charge is 0.389 e. The van der Waals surface area contributed by atoms with Gasteiger partial charge >= 0.3 is 0 Å². The molecule has 1 aliphatic heterocycles. The molecular weight excluding hydrogens is 346 g/mol. The number of hydrogen-bond donors (Lipinski definition) is 1. The Labute approximate surface area is 136 Å². The summed E-state index contributed by atoms with van der Waals surface area (Å²) in [6.45, 7) is 3.67. The Balaban J connectivity index is 1.95. The fraction of sp³-hybridized carbons (Fsp3) is 0.500. The number of halogens is 1. The highest BCUT2D eigenvalue weighted by Gasteiger charge is 2.46. The van der Waals surface area contributed by atoms with Gasteiger partial charge in [0, 0.05) is 30.2 Å². The zero-order valence-corrected chi connectivity index (χ0v) is 14.2. The fourth-order valence-electron chi connectivity index (χ4n) is 3.52. The summed E-state index contributed by atoms with van der Waals surface area (Å²) < 4.78 is 2.41. The molecule has 0 bridgehead atoms. The van der Waals surface area contributed by atoms with Crippen LogP contribution in [0.4, 0.5) is 5.95 Å². The Hall–Kier alpha value is -1.40. The van der Waals surface area contributed by atoms with E-state index in [0.29, 0.717) is 22.4 Å². The van der Waals surface area contributed by atoms with Crippen molar-refractivity contribution in [1.29, 1.82) is 0 Å². The highest BCUT2D eigenvalue weighted by Crippen LogP contribution is 2.45. The zero-order chi connectivity index (χ0) is 15.6. The molecule has 22 heavy (non-hydrogen) atoms. The number of aliphatic hydroxyl groups is 1. The first-order valence-corrected chi connectivity index (χ1v) is 8.38. The molecule has 1 aliphatic carbocycles. The van der Waals surface area contributed by atoms with Crippen LogP contribution in [0.25, 0.3) is 10.9 Å². The van der Waals surface area contributed by atoms with Crippen LogP contribution in [0.15, 0.2) is 21.4 Å². The lowest BCUT2D eigenvalue weighted by Crippen LogP contribution is -2.31. The van der Waals surface area contributed by atoms with Crippen LogP contribution in [0.5, 0.6) is 0 Å². The molecule has 5 nitrogen and oxygen atoms in total. The Kier molecular flexibility index (Phi) is 3.10. The van der Waals surface area contributed by atoms with Gasteiger partial charge < -0.3 is 10.0 Å². The first-order chi connectivity index (χ1) is 10.5. The van der Waals surface area contributed by atoms with Crippen LogP contribution in [0.3, 0.4) is 0 Å². The number of aliphatic hydroxyl groups excluding tert-OH is 1. The lowest BCUT2D eigenvalue weighted by atomic mass is 10.1. The van der Waals surface area contributed by atoms with Crippen molar-refractivity contribution in [3.63, 3.8) is 0 Å². The Morgan fingerprint density at radius 3 is 2.68 bits per heavy atom. The summed E-state index contributed by atoms with van der Waals surface area (Å²) in [5, 5.41) is 10.6. The van der Waals surface area contributed by atoms with Crippen LogP contribution in [0.1, 0.15) is 25.0 Å². The third-order valence-corrected chi connectivity index (χ3v) is 5.32. The molecule has 2 aliphatic rings. The smallest absolute Gasteiger partial charge is 0.262 e. The predicted molar refractivity (Wildman–Crippen MR) is 89.1 cm³/mol. The first-order valence-electron chi connectivity index (χ1n) is 7.59. The maximum atomic E-state index is 12.7. The van der Waals surface area contributed by atoms with Gasteiger partial charge in [0.25, 0.3) is 5.56 Å². The van der Waals surface area contributed by atoms with E-state index < -0.39 is 6.10 Å².